The van der Waals surface area contributed by atoms with Crippen LogP contribution < -0.4 is 10.5 Å². The van der Waals surface area contributed by atoms with E-state index in [0.717, 1.165) is 49.0 Å². The van der Waals surface area contributed by atoms with Crippen molar-refractivity contribution in [3.63, 3.8) is 0 Å². The molecule has 1 fully saturated rings. The molecule has 4 rings (SSSR count). The summed E-state index contributed by atoms with van der Waals surface area (Å²) < 4.78 is 8.19. The van der Waals surface area contributed by atoms with Crippen molar-refractivity contribution in [2.45, 2.75) is 50.5 Å². The zero-order valence-corrected chi connectivity index (χ0v) is 20.7. The van der Waals surface area contributed by atoms with Crippen molar-refractivity contribution in [2.24, 2.45) is 12.8 Å². The van der Waals surface area contributed by atoms with Crippen LogP contribution in [0.2, 0.25) is 0 Å². The molecule has 0 radical (unpaired) electrons. The Kier molecular flexibility index (Phi) is 7.23. The zero-order valence-electron chi connectivity index (χ0n) is 20.7. The molecule has 0 saturated carbocycles. The van der Waals surface area contributed by atoms with E-state index in [-0.39, 0.29) is 11.9 Å². The SMILES string of the molecule is CCC1(c2cccc(Oc3cc(C(N)Cc4cncn4C)ccc3C#N)c2)CCCCN(C)C1=O. The van der Waals surface area contributed by atoms with E-state index in [2.05, 4.69) is 18.0 Å². The fraction of sp³-hybridized carbons (Fsp3) is 0.393. The van der Waals surface area contributed by atoms with Gasteiger partial charge in [-0.3, -0.25) is 4.79 Å². The van der Waals surface area contributed by atoms with Gasteiger partial charge in [-0.05, 0) is 54.7 Å². The molecule has 7 heteroatoms. The molecular weight excluding hydrogens is 438 g/mol. The van der Waals surface area contributed by atoms with Crippen LogP contribution in [0.3, 0.4) is 0 Å². The first kappa shape index (κ1) is 24.5. The van der Waals surface area contributed by atoms with Crippen molar-refractivity contribution in [3.05, 3.63) is 77.4 Å². The summed E-state index contributed by atoms with van der Waals surface area (Å²) in [5.41, 5.74) is 9.22. The number of nitrogens with zero attached hydrogens (tertiary/aromatic N) is 4. The molecular formula is C28H33N5O2. The maximum Gasteiger partial charge on any atom is 0.232 e. The van der Waals surface area contributed by atoms with Crippen LogP contribution in [-0.4, -0.2) is 34.0 Å². The van der Waals surface area contributed by atoms with Gasteiger partial charge < -0.3 is 19.9 Å². The Labute approximate surface area is 207 Å². The van der Waals surface area contributed by atoms with Gasteiger partial charge in [0.05, 0.1) is 17.3 Å². The van der Waals surface area contributed by atoms with E-state index in [0.29, 0.717) is 23.5 Å². The molecule has 2 aromatic carbocycles. The number of amides is 1. The van der Waals surface area contributed by atoms with Crippen LogP contribution in [0.1, 0.15) is 61.0 Å². The first-order chi connectivity index (χ1) is 16.9. The first-order valence-corrected chi connectivity index (χ1v) is 12.2. The summed E-state index contributed by atoms with van der Waals surface area (Å²) in [4.78, 5) is 19.4. The van der Waals surface area contributed by atoms with Gasteiger partial charge in [0.2, 0.25) is 5.91 Å². The average Bonchev–Trinajstić information content (AvgIpc) is 3.21. The molecule has 2 N–H and O–H groups in total. The number of carbonyl (C=O) groups is 1. The Balaban J connectivity index is 1.63. The quantitative estimate of drug-likeness (QED) is 0.542. The predicted molar refractivity (Wildman–Crippen MR) is 135 cm³/mol. The van der Waals surface area contributed by atoms with E-state index >= 15 is 0 Å². The number of rotatable bonds is 7. The minimum absolute atomic E-state index is 0.162. The number of benzene rings is 2. The Morgan fingerprint density at radius 1 is 1.23 bits per heavy atom. The second-order valence-electron chi connectivity index (χ2n) is 9.42. The van der Waals surface area contributed by atoms with Crippen LogP contribution in [0.5, 0.6) is 11.5 Å². The van der Waals surface area contributed by atoms with E-state index in [1.165, 1.54) is 0 Å². The average molecular weight is 472 g/mol. The normalized spacial score (nSPS) is 19.2. The molecule has 35 heavy (non-hydrogen) atoms. The highest BCUT2D eigenvalue weighted by Crippen LogP contribution is 2.39. The molecule has 3 aromatic rings. The van der Waals surface area contributed by atoms with Gasteiger partial charge in [0.25, 0.3) is 0 Å². The van der Waals surface area contributed by atoms with E-state index in [4.69, 9.17) is 10.5 Å². The summed E-state index contributed by atoms with van der Waals surface area (Å²) in [6, 6.07) is 15.1. The lowest BCUT2D eigenvalue weighted by Crippen LogP contribution is -2.43. The molecule has 1 aliphatic heterocycles. The Morgan fingerprint density at radius 2 is 2.06 bits per heavy atom. The Morgan fingerprint density at radius 3 is 2.77 bits per heavy atom. The molecule has 1 saturated heterocycles. The first-order valence-electron chi connectivity index (χ1n) is 12.2. The number of likely N-dealkylation sites (N-methyl/N-ethyl adjacent to an activating group) is 1. The van der Waals surface area contributed by atoms with Gasteiger partial charge in [-0.2, -0.15) is 5.26 Å². The standard InChI is InChI=1S/C28H33N5O2/c1-4-28(12-5-6-13-32(2)27(28)34)22-8-7-9-24(15-22)35-26-14-20(10-11-21(26)17-29)25(30)16-23-18-31-19-33(23)3/h7-11,14-15,18-19,25H,4-6,12-13,16,30H2,1-3H3. The highest BCUT2D eigenvalue weighted by Gasteiger charge is 2.41. The van der Waals surface area contributed by atoms with Crippen LogP contribution >= 0.6 is 0 Å². The van der Waals surface area contributed by atoms with Crippen molar-refractivity contribution in [2.75, 3.05) is 13.6 Å². The molecule has 2 atom stereocenters. The summed E-state index contributed by atoms with van der Waals surface area (Å²) in [6.07, 6.45) is 7.73. The molecule has 0 aliphatic carbocycles. The van der Waals surface area contributed by atoms with Crippen LogP contribution in [0, 0.1) is 11.3 Å². The van der Waals surface area contributed by atoms with Crippen LogP contribution in [0.25, 0.3) is 0 Å². The number of ether oxygens (including phenoxy) is 1. The molecule has 0 bridgehead atoms. The highest BCUT2D eigenvalue weighted by atomic mass is 16.5. The van der Waals surface area contributed by atoms with Crippen molar-refractivity contribution in [1.29, 1.82) is 5.26 Å². The number of likely N-dealkylation sites (tertiary alicyclic amines) is 1. The summed E-state index contributed by atoms with van der Waals surface area (Å²) >= 11 is 0. The molecule has 1 amide bonds. The van der Waals surface area contributed by atoms with E-state index in [1.54, 1.807) is 12.4 Å². The highest BCUT2D eigenvalue weighted by molar-refractivity contribution is 5.88. The predicted octanol–water partition coefficient (Wildman–Crippen LogP) is 4.62. The third-order valence-corrected chi connectivity index (χ3v) is 7.22. The van der Waals surface area contributed by atoms with E-state index in [1.807, 2.05) is 66.2 Å². The summed E-state index contributed by atoms with van der Waals surface area (Å²) in [5, 5.41) is 9.68. The number of hydrogen-bond donors (Lipinski definition) is 1. The minimum atomic E-state index is -0.560. The van der Waals surface area contributed by atoms with Gasteiger partial charge in [-0.1, -0.05) is 31.5 Å². The van der Waals surface area contributed by atoms with Gasteiger partial charge >= 0.3 is 0 Å². The third-order valence-electron chi connectivity index (χ3n) is 7.22. The second kappa shape index (κ2) is 10.3. The monoisotopic (exact) mass is 471 g/mol. The van der Waals surface area contributed by atoms with Gasteiger partial charge in [-0.25, -0.2) is 4.98 Å². The topological polar surface area (TPSA) is 97.2 Å². The van der Waals surface area contributed by atoms with Crippen molar-refractivity contribution < 1.29 is 9.53 Å². The van der Waals surface area contributed by atoms with Crippen molar-refractivity contribution in [1.82, 2.24) is 14.5 Å². The maximum atomic E-state index is 13.4. The second-order valence-corrected chi connectivity index (χ2v) is 9.42. The number of aryl methyl sites for hydroxylation is 1. The van der Waals surface area contributed by atoms with Gasteiger partial charge in [-0.15, -0.1) is 0 Å². The Hall–Kier alpha value is -3.63. The molecule has 1 aliphatic rings. The molecule has 7 nitrogen and oxygen atoms in total. The van der Waals surface area contributed by atoms with Crippen molar-refractivity contribution >= 4 is 5.91 Å². The van der Waals surface area contributed by atoms with Gasteiger partial charge in [0.1, 0.15) is 17.6 Å². The number of nitrogens with two attached hydrogens (primary N) is 1. The maximum absolute atomic E-state index is 13.4. The smallest absolute Gasteiger partial charge is 0.232 e. The lowest BCUT2D eigenvalue weighted by atomic mass is 9.73. The van der Waals surface area contributed by atoms with E-state index in [9.17, 15) is 10.1 Å². The summed E-state index contributed by atoms with van der Waals surface area (Å²) in [7, 11) is 3.83. The van der Waals surface area contributed by atoms with Gasteiger partial charge in [0, 0.05) is 45.0 Å². The number of nitriles is 1. The van der Waals surface area contributed by atoms with Crippen LogP contribution in [-0.2, 0) is 23.7 Å². The lowest BCUT2D eigenvalue weighted by Gasteiger charge is -2.33. The summed E-state index contributed by atoms with van der Waals surface area (Å²) in [6.45, 7) is 2.86. The van der Waals surface area contributed by atoms with Crippen molar-refractivity contribution in [3.8, 4) is 17.6 Å². The third kappa shape index (κ3) is 4.94. The fourth-order valence-electron chi connectivity index (χ4n) is 5.00. The molecule has 0 spiro atoms. The Bertz CT molecular complexity index is 1240. The number of hydrogen-bond acceptors (Lipinski definition) is 5. The molecule has 182 valence electrons. The molecule has 2 heterocycles. The number of aromatic nitrogens is 2. The largest absolute Gasteiger partial charge is 0.456 e. The minimum Gasteiger partial charge on any atom is -0.456 e. The fourth-order valence-corrected chi connectivity index (χ4v) is 5.00. The molecule has 2 unspecified atom stereocenters. The van der Waals surface area contributed by atoms with Crippen LogP contribution in [0.15, 0.2) is 55.0 Å². The van der Waals surface area contributed by atoms with Gasteiger partial charge in [0.15, 0.2) is 0 Å². The van der Waals surface area contributed by atoms with Crippen LogP contribution in [0.4, 0.5) is 0 Å². The van der Waals surface area contributed by atoms with E-state index < -0.39 is 5.41 Å². The number of imidazole rings is 1. The molecule has 1 aromatic heterocycles. The summed E-state index contributed by atoms with van der Waals surface area (Å²) in [5.74, 6) is 1.22. The number of carbonyl (C=O) groups excluding carboxylic acids is 1. The zero-order chi connectivity index (χ0) is 25.0. The lowest BCUT2D eigenvalue weighted by molar-refractivity contribution is -0.135.